The van der Waals surface area contributed by atoms with E-state index in [0.29, 0.717) is 11.1 Å². The average Bonchev–Trinajstić information content (AvgIpc) is 2.93. The number of ether oxygens (including phenoxy) is 1. The molecule has 0 bridgehead atoms. The maximum Gasteiger partial charge on any atom is 0.527 e. The van der Waals surface area contributed by atoms with E-state index in [4.69, 9.17) is 28.8 Å². The molecular weight excluding hydrogens is 616 g/mol. The third kappa shape index (κ3) is 8.42. The minimum absolute atomic E-state index is 0.0227. The number of pyridine rings is 1. The van der Waals surface area contributed by atoms with Gasteiger partial charge in [-0.25, -0.2) is 14.0 Å². The van der Waals surface area contributed by atoms with Gasteiger partial charge in [0.1, 0.15) is 42.9 Å². The second kappa shape index (κ2) is 13.4. The quantitative estimate of drug-likeness (QED) is 0.0668. The van der Waals surface area contributed by atoms with E-state index in [0.717, 1.165) is 16.5 Å². The van der Waals surface area contributed by atoms with Gasteiger partial charge in [0.25, 0.3) is 0 Å². The zero-order chi connectivity index (χ0) is 31.5. The monoisotopic (exact) mass is 645 g/mol. The summed E-state index contributed by atoms with van der Waals surface area (Å²) >= 11 is 0. The first-order chi connectivity index (χ1) is 20.2. The highest BCUT2D eigenvalue weighted by Crippen LogP contribution is 2.49. The number of fused-ring (bicyclic) bond motifs is 1. The molecule has 18 heteroatoms. The van der Waals surface area contributed by atoms with E-state index < -0.39 is 58.2 Å². The Kier molecular flexibility index (Phi) is 10.3. The topological polar surface area (TPSA) is 252 Å². The number of hydrogen-bond acceptors (Lipinski definition) is 13. The van der Waals surface area contributed by atoms with E-state index >= 15 is 0 Å². The van der Waals surface area contributed by atoms with Gasteiger partial charge in [0.2, 0.25) is 0 Å². The number of nitrogens with zero attached hydrogens (tertiary/aromatic N) is 1. The number of carbonyl (C=O) groups is 1. The second-order valence-electron chi connectivity index (χ2n) is 9.70. The highest BCUT2D eigenvalue weighted by atomic mass is 31.2. The van der Waals surface area contributed by atoms with Crippen molar-refractivity contribution >= 4 is 32.5 Å². The van der Waals surface area contributed by atoms with Crippen LogP contribution in [0.2, 0.25) is 0 Å². The summed E-state index contributed by atoms with van der Waals surface area (Å²) in [6.45, 7) is 1.39. The fourth-order valence-corrected chi connectivity index (χ4v) is 6.13. The Balaban J connectivity index is 1.37. The standard InChI is InChI=1S/C25H29NO15P2/c1-13-9-15(12-37-19(27)11-14-4-6-17-16(10-14)3-2-8-26-17)5-7-18(13)39-43(35,36)41-23-20(28)21(29)24(38-31)25(22(23)30)40-42(32,33)34/h2-10,20-25,28-31H,11-12H2,1H3,(H,35,36)(H2,32,33,34)/t20-,21+,22+,23-,24-,25-/m1/s1. The normalized spacial score (nSPS) is 25.7. The largest absolute Gasteiger partial charge is 0.527 e. The zero-order valence-electron chi connectivity index (χ0n) is 22.3. The number of benzene rings is 2. The molecule has 234 valence electrons. The molecule has 4 rings (SSSR count). The maximum absolute atomic E-state index is 12.8. The summed E-state index contributed by atoms with van der Waals surface area (Å²) in [5.74, 6) is -0.665. The lowest BCUT2D eigenvalue weighted by Crippen LogP contribution is -2.65. The van der Waals surface area contributed by atoms with Gasteiger partial charge in [-0.05, 0) is 53.9 Å². The summed E-state index contributed by atoms with van der Waals surface area (Å²) in [6.07, 6.45) is -11.4. The number of hydrogen-bond donors (Lipinski definition) is 7. The fraction of sp³-hybridized carbons (Fsp3) is 0.360. The smallest absolute Gasteiger partial charge is 0.461 e. The summed E-state index contributed by atoms with van der Waals surface area (Å²) in [5, 5.41) is 40.8. The maximum atomic E-state index is 12.8. The van der Waals surface area contributed by atoms with E-state index in [-0.39, 0.29) is 18.8 Å². The van der Waals surface area contributed by atoms with Gasteiger partial charge in [-0.1, -0.05) is 18.2 Å². The number of phosphoric ester groups is 2. The van der Waals surface area contributed by atoms with Gasteiger partial charge in [0.15, 0.2) is 6.10 Å². The van der Waals surface area contributed by atoms with Crippen molar-refractivity contribution in [2.75, 3.05) is 0 Å². The molecule has 7 N–H and O–H groups in total. The number of aliphatic hydroxyl groups is 3. The van der Waals surface area contributed by atoms with Gasteiger partial charge in [-0.15, -0.1) is 0 Å². The van der Waals surface area contributed by atoms with Crippen molar-refractivity contribution in [3.05, 3.63) is 71.4 Å². The van der Waals surface area contributed by atoms with Crippen molar-refractivity contribution in [3.63, 3.8) is 0 Å². The SMILES string of the molecule is Cc1cc(COC(=O)Cc2ccc3ncccc3c2)ccc1OP(=O)(O)O[C@@H]1[C@H](O)[C@H](O)[C@@H](OO)[C@H](OP(=O)(O)O)[C@H]1O. The van der Waals surface area contributed by atoms with Crippen LogP contribution in [0.5, 0.6) is 5.75 Å². The molecule has 0 saturated heterocycles. The number of aryl methyl sites for hydroxylation is 1. The van der Waals surface area contributed by atoms with Gasteiger partial charge in [0, 0.05) is 11.6 Å². The Hall–Kier alpha value is -2.82. The van der Waals surface area contributed by atoms with Crippen molar-refractivity contribution in [2.24, 2.45) is 0 Å². The summed E-state index contributed by atoms with van der Waals surface area (Å²) in [6, 6.07) is 13.3. The Labute approximate surface area is 243 Å². The van der Waals surface area contributed by atoms with Crippen LogP contribution in [0.4, 0.5) is 0 Å². The molecule has 1 saturated carbocycles. The number of phosphoric acid groups is 2. The van der Waals surface area contributed by atoms with Crippen LogP contribution in [0.15, 0.2) is 54.7 Å². The third-order valence-electron chi connectivity index (χ3n) is 6.52. The lowest BCUT2D eigenvalue weighted by atomic mass is 9.85. The van der Waals surface area contributed by atoms with Crippen LogP contribution < -0.4 is 4.52 Å². The number of carbonyl (C=O) groups excluding carboxylic acids is 1. The highest BCUT2D eigenvalue weighted by molar-refractivity contribution is 7.47. The zero-order valence-corrected chi connectivity index (χ0v) is 24.1. The molecule has 1 aliphatic carbocycles. The molecule has 1 aliphatic rings. The predicted molar refractivity (Wildman–Crippen MR) is 144 cm³/mol. The van der Waals surface area contributed by atoms with E-state index in [1.807, 2.05) is 12.1 Å². The lowest BCUT2D eigenvalue weighted by molar-refractivity contribution is -0.344. The van der Waals surface area contributed by atoms with E-state index in [1.54, 1.807) is 24.4 Å². The van der Waals surface area contributed by atoms with Crippen LogP contribution >= 0.6 is 15.6 Å². The van der Waals surface area contributed by atoms with Gasteiger partial charge < -0.3 is 34.4 Å². The molecular formula is C25H29NO15P2. The highest BCUT2D eigenvalue weighted by Gasteiger charge is 2.55. The molecule has 1 aromatic heterocycles. The van der Waals surface area contributed by atoms with Crippen molar-refractivity contribution in [1.82, 2.24) is 4.98 Å². The van der Waals surface area contributed by atoms with Crippen molar-refractivity contribution in [1.29, 1.82) is 0 Å². The lowest BCUT2D eigenvalue weighted by Gasteiger charge is -2.43. The molecule has 0 amide bonds. The first kappa shape index (κ1) is 33.1. The average molecular weight is 645 g/mol. The Morgan fingerprint density at radius 1 is 0.884 bits per heavy atom. The number of aliphatic hydroxyl groups excluding tert-OH is 3. The molecule has 0 aliphatic heterocycles. The summed E-state index contributed by atoms with van der Waals surface area (Å²) in [7, 11) is -10.5. The molecule has 0 radical (unpaired) electrons. The minimum atomic E-state index is -5.35. The number of rotatable bonds is 11. The van der Waals surface area contributed by atoms with Crippen LogP contribution in [-0.2, 0) is 45.6 Å². The second-order valence-corrected chi connectivity index (χ2v) is 12.2. The van der Waals surface area contributed by atoms with Crippen LogP contribution in [0.3, 0.4) is 0 Å². The van der Waals surface area contributed by atoms with Gasteiger partial charge >= 0.3 is 21.6 Å². The molecule has 1 unspecified atom stereocenters. The van der Waals surface area contributed by atoms with Gasteiger partial charge in [-0.2, -0.15) is 0 Å². The number of esters is 1. The van der Waals surface area contributed by atoms with E-state index in [1.165, 1.54) is 25.1 Å². The summed E-state index contributed by atoms with van der Waals surface area (Å²) in [4.78, 5) is 49.0. The molecule has 7 atom stereocenters. The molecule has 16 nitrogen and oxygen atoms in total. The van der Waals surface area contributed by atoms with Crippen molar-refractivity contribution in [2.45, 2.75) is 56.6 Å². The van der Waals surface area contributed by atoms with E-state index in [2.05, 4.69) is 14.4 Å². The molecule has 3 aromatic rings. The summed E-state index contributed by atoms with van der Waals surface area (Å²) < 4.78 is 43.6. The molecule has 0 spiro atoms. The van der Waals surface area contributed by atoms with Gasteiger partial charge in [0.05, 0.1) is 11.9 Å². The van der Waals surface area contributed by atoms with Crippen LogP contribution in [0, 0.1) is 6.92 Å². The Morgan fingerprint density at radius 3 is 2.26 bits per heavy atom. The van der Waals surface area contributed by atoms with Crippen LogP contribution in [0.1, 0.15) is 16.7 Å². The fourth-order valence-electron chi connectivity index (χ4n) is 4.51. The summed E-state index contributed by atoms with van der Waals surface area (Å²) in [5.41, 5.74) is 2.35. The number of aromatic nitrogens is 1. The molecule has 1 fully saturated rings. The van der Waals surface area contributed by atoms with Crippen LogP contribution in [0.25, 0.3) is 10.9 Å². The Morgan fingerprint density at radius 2 is 1.58 bits per heavy atom. The first-order valence-electron chi connectivity index (χ1n) is 12.6. The molecule has 43 heavy (non-hydrogen) atoms. The third-order valence-corrected chi connectivity index (χ3v) is 7.98. The Bertz CT molecular complexity index is 1550. The van der Waals surface area contributed by atoms with Crippen molar-refractivity contribution in [3.8, 4) is 5.75 Å². The minimum Gasteiger partial charge on any atom is -0.461 e. The predicted octanol–water partition coefficient (Wildman–Crippen LogP) is 1.13. The molecule has 2 aromatic carbocycles. The van der Waals surface area contributed by atoms with Crippen LogP contribution in [-0.4, -0.2) is 82.8 Å². The first-order valence-corrected chi connectivity index (χ1v) is 15.6. The van der Waals surface area contributed by atoms with E-state index in [9.17, 15) is 34.1 Å². The van der Waals surface area contributed by atoms with Crippen molar-refractivity contribution < 1.29 is 72.4 Å². The molecule has 1 heterocycles. The van der Waals surface area contributed by atoms with Gasteiger partial charge in [-0.3, -0.25) is 29.0 Å².